The number of rotatable bonds is 7. The van der Waals surface area contributed by atoms with Crippen LogP contribution in [0.15, 0.2) is 36.5 Å². The summed E-state index contributed by atoms with van der Waals surface area (Å²) in [5, 5.41) is 4.50. The van der Waals surface area contributed by atoms with Crippen LogP contribution >= 0.6 is 0 Å². The Kier molecular flexibility index (Phi) is 6.74. The zero-order valence-corrected chi connectivity index (χ0v) is 19.4. The van der Waals surface area contributed by atoms with Gasteiger partial charge in [-0.1, -0.05) is 18.2 Å². The van der Waals surface area contributed by atoms with Gasteiger partial charge in [0.25, 0.3) is 0 Å². The predicted molar refractivity (Wildman–Crippen MR) is 127 cm³/mol. The second-order valence-electron chi connectivity index (χ2n) is 8.93. The number of anilines is 1. The lowest BCUT2D eigenvalue weighted by Crippen LogP contribution is -2.38. The van der Waals surface area contributed by atoms with Crippen molar-refractivity contribution >= 4 is 22.6 Å². The molecule has 1 aliphatic carbocycles. The molecule has 1 aromatic carbocycles. The summed E-state index contributed by atoms with van der Waals surface area (Å²) in [6, 6.07) is 9.99. The van der Waals surface area contributed by atoms with E-state index in [0.717, 1.165) is 48.3 Å². The fraction of sp³-hybridized carbons (Fsp3) is 0.480. The molecule has 32 heavy (non-hydrogen) atoms. The number of ether oxygens (including phenoxy) is 1. The molecule has 1 unspecified atom stereocenters. The number of benzene rings is 1. The SMILES string of the molecule is COC1CCC(C(=O)NC(Cc2c[nH]c3ccccc23)c2cc(N(C)C)nc(C)n2)CC1. The lowest BCUT2D eigenvalue weighted by Gasteiger charge is -2.28. The van der Waals surface area contributed by atoms with Crippen LogP contribution in [0.1, 0.15) is 48.8 Å². The second kappa shape index (κ2) is 9.69. The summed E-state index contributed by atoms with van der Waals surface area (Å²) in [5.41, 5.74) is 3.10. The molecule has 1 atom stereocenters. The average Bonchev–Trinajstić information content (AvgIpc) is 3.21. The first-order valence-corrected chi connectivity index (χ1v) is 11.4. The first kappa shape index (κ1) is 22.3. The Balaban J connectivity index is 1.61. The zero-order chi connectivity index (χ0) is 22.7. The normalized spacial score (nSPS) is 19.6. The Hall–Kier alpha value is -2.93. The average molecular weight is 436 g/mol. The van der Waals surface area contributed by atoms with Crippen LogP contribution in [0.4, 0.5) is 5.82 Å². The number of aromatic nitrogens is 3. The third-order valence-electron chi connectivity index (χ3n) is 6.45. The number of H-pyrrole nitrogens is 1. The summed E-state index contributed by atoms with van der Waals surface area (Å²) in [5.74, 6) is 1.66. The zero-order valence-electron chi connectivity index (χ0n) is 19.4. The highest BCUT2D eigenvalue weighted by Crippen LogP contribution is 2.29. The van der Waals surface area contributed by atoms with E-state index in [2.05, 4.69) is 27.4 Å². The minimum Gasteiger partial charge on any atom is -0.381 e. The summed E-state index contributed by atoms with van der Waals surface area (Å²) in [6.07, 6.45) is 6.54. The maximum atomic E-state index is 13.3. The van der Waals surface area contributed by atoms with E-state index in [1.807, 2.05) is 50.3 Å². The van der Waals surface area contributed by atoms with E-state index in [1.165, 1.54) is 5.39 Å². The lowest BCUT2D eigenvalue weighted by molar-refractivity contribution is -0.127. The molecule has 2 N–H and O–H groups in total. The Morgan fingerprint density at radius 2 is 1.97 bits per heavy atom. The maximum Gasteiger partial charge on any atom is 0.223 e. The number of nitrogens with zero attached hydrogens (tertiary/aromatic N) is 3. The third kappa shape index (κ3) is 4.93. The van der Waals surface area contributed by atoms with E-state index in [1.54, 1.807) is 7.11 Å². The van der Waals surface area contributed by atoms with E-state index in [0.29, 0.717) is 12.2 Å². The topological polar surface area (TPSA) is 83.1 Å². The number of para-hydroxylation sites is 1. The molecule has 7 nitrogen and oxygen atoms in total. The van der Waals surface area contributed by atoms with Crippen molar-refractivity contribution in [3.63, 3.8) is 0 Å². The Labute approximate surface area is 189 Å². The highest BCUT2D eigenvalue weighted by molar-refractivity contribution is 5.83. The number of amides is 1. The van der Waals surface area contributed by atoms with Crippen molar-refractivity contribution in [3.05, 3.63) is 53.6 Å². The van der Waals surface area contributed by atoms with Gasteiger partial charge in [-0.2, -0.15) is 0 Å². The molecule has 0 radical (unpaired) electrons. The largest absolute Gasteiger partial charge is 0.381 e. The number of carbonyl (C=O) groups excluding carboxylic acids is 1. The van der Waals surface area contributed by atoms with Gasteiger partial charge in [-0.15, -0.1) is 0 Å². The molecule has 7 heteroatoms. The van der Waals surface area contributed by atoms with Gasteiger partial charge in [0.05, 0.1) is 17.8 Å². The van der Waals surface area contributed by atoms with Crippen LogP contribution < -0.4 is 10.2 Å². The van der Waals surface area contributed by atoms with Crippen LogP contribution in [-0.4, -0.2) is 48.2 Å². The highest BCUT2D eigenvalue weighted by Gasteiger charge is 2.29. The molecule has 0 saturated heterocycles. The van der Waals surface area contributed by atoms with E-state index < -0.39 is 0 Å². The molecule has 2 aromatic heterocycles. The van der Waals surface area contributed by atoms with Gasteiger partial charge < -0.3 is 19.9 Å². The van der Waals surface area contributed by atoms with Gasteiger partial charge >= 0.3 is 0 Å². The first-order valence-electron chi connectivity index (χ1n) is 11.4. The smallest absolute Gasteiger partial charge is 0.223 e. The van der Waals surface area contributed by atoms with Crippen LogP contribution in [0.3, 0.4) is 0 Å². The van der Waals surface area contributed by atoms with Crippen molar-refractivity contribution in [1.29, 1.82) is 0 Å². The monoisotopic (exact) mass is 435 g/mol. The van der Waals surface area contributed by atoms with Gasteiger partial charge in [-0.3, -0.25) is 4.79 Å². The predicted octanol–water partition coefficient (Wildman–Crippen LogP) is 3.94. The molecule has 1 amide bonds. The summed E-state index contributed by atoms with van der Waals surface area (Å²) in [4.78, 5) is 27.8. The minimum absolute atomic E-state index is 0.0168. The molecule has 1 fully saturated rings. The fourth-order valence-electron chi connectivity index (χ4n) is 4.58. The highest BCUT2D eigenvalue weighted by atomic mass is 16.5. The van der Waals surface area contributed by atoms with Crippen LogP contribution in [0.5, 0.6) is 0 Å². The van der Waals surface area contributed by atoms with Crippen LogP contribution in [0, 0.1) is 12.8 Å². The van der Waals surface area contributed by atoms with Crippen LogP contribution in [-0.2, 0) is 16.0 Å². The van der Waals surface area contributed by atoms with Gasteiger partial charge in [0, 0.05) is 56.7 Å². The summed E-state index contributed by atoms with van der Waals surface area (Å²) >= 11 is 0. The molecular weight excluding hydrogens is 402 g/mol. The molecule has 3 aromatic rings. The van der Waals surface area contributed by atoms with Gasteiger partial charge in [-0.25, -0.2) is 9.97 Å². The number of hydrogen-bond donors (Lipinski definition) is 2. The lowest BCUT2D eigenvalue weighted by atomic mass is 9.86. The maximum absolute atomic E-state index is 13.3. The number of hydrogen-bond acceptors (Lipinski definition) is 5. The molecule has 170 valence electrons. The number of methoxy groups -OCH3 is 1. The number of fused-ring (bicyclic) bond motifs is 1. The molecule has 1 saturated carbocycles. The van der Waals surface area contributed by atoms with E-state index in [9.17, 15) is 4.79 Å². The fourth-order valence-corrected chi connectivity index (χ4v) is 4.58. The van der Waals surface area contributed by atoms with Crippen molar-refractivity contribution in [2.24, 2.45) is 5.92 Å². The van der Waals surface area contributed by atoms with Crippen LogP contribution in [0.25, 0.3) is 10.9 Å². The molecule has 4 rings (SSSR count). The molecule has 2 heterocycles. The van der Waals surface area contributed by atoms with Crippen molar-refractivity contribution in [3.8, 4) is 0 Å². The minimum atomic E-state index is -0.234. The van der Waals surface area contributed by atoms with Crippen molar-refractivity contribution in [1.82, 2.24) is 20.3 Å². The summed E-state index contributed by atoms with van der Waals surface area (Å²) in [7, 11) is 5.68. The van der Waals surface area contributed by atoms with Crippen molar-refractivity contribution in [2.45, 2.75) is 51.2 Å². The van der Waals surface area contributed by atoms with Gasteiger partial charge in [0.1, 0.15) is 11.6 Å². The quantitative estimate of drug-likeness (QED) is 0.587. The van der Waals surface area contributed by atoms with E-state index in [4.69, 9.17) is 9.72 Å². The Bertz CT molecular complexity index is 1070. The summed E-state index contributed by atoms with van der Waals surface area (Å²) < 4.78 is 5.47. The van der Waals surface area contributed by atoms with Gasteiger partial charge in [-0.05, 0) is 44.2 Å². The van der Waals surface area contributed by atoms with E-state index >= 15 is 0 Å². The molecule has 0 aliphatic heterocycles. The summed E-state index contributed by atoms with van der Waals surface area (Å²) in [6.45, 7) is 1.90. The van der Waals surface area contributed by atoms with Crippen LogP contribution in [0.2, 0.25) is 0 Å². The second-order valence-corrected chi connectivity index (χ2v) is 8.93. The van der Waals surface area contributed by atoms with Gasteiger partial charge in [0.2, 0.25) is 5.91 Å². The first-order chi connectivity index (χ1) is 15.4. The Morgan fingerprint density at radius 3 is 2.69 bits per heavy atom. The molecular formula is C25H33N5O2. The molecule has 0 bridgehead atoms. The number of nitrogens with one attached hydrogen (secondary N) is 2. The van der Waals surface area contributed by atoms with Crippen molar-refractivity contribution < 1.29 is 9.53 Å². The number of aryl methyl sites for hydroxylation is 1. The molecule has 0 spiro atoms. The number of carbonyl (C=O) groups is 1. The standard InChI is InChI=1S/C25H33N5O2/c1-16-27-23(14-24(28-16)30(2)3)22(13-18-15-26-21-8-6-5-7-20(18)21)29-25(31)17-9-11-19(32-4)12-10-17/h5-8,14-15,17,19,22,26H,9-13H2,1-4H3,(H,29,31). The number of aromatic amines is 1. The van der Waals surface area contributed by atoms with Crippen molar-refractivity contribution in [2.75, 3.05) is 26.1 Å². The van der Waals surface area contributed by atoms with Gasteiger partial charge in [0.15, 0.2) is 0 Å². The Morgan fingerprint density at radius 1 is 1.22 bits per heavy atom. The third-order valence-corrected chi connectivity index (χ3v) is 6.45. The molecule has 1 aliphatic rings. The van der Waals surface area contributed by atoms with E-state index in [-0.39, 0.29) is 24.0 Å².